The molecule has 1 unspecified atom stereocenters. The molecule has 1 saturated heterocycles. The summed E-state index contributed by atoms with van der Waals surface area (Å²) in [4.78, 5) is 45.5. The molecule has 5 rings (SSSR count). The van der Waals surface area contributed by atoms with Crippen LogP contribution < -0.4 is 14.4 Å². The number of phenols is 1. The quantitative estimate of drug-likeness (QED) is 0.103. The standard InChI is InChI=1S/C33H30N2O8S/c1-5-42-32(40)30-19(3)34-33(44-30)35-27(21-11-13-23(36)25(16-21)41-4)26(29(38)31(35)39)28(37)22-12-14-24(18(2)15-22)43-17-20-9-7-6-8-10-20/h6-16,27,36-37H,5,17H2,1-4H3/b28-26+. The minimum atomic E-state index is -1.15. The third-order valence-electron chi connectivity index (χ3n) is 7.10. The van der Waals surface area contributed by atoms with Gasteiger partial charge in [0.1, 0.15) is 23.0 Å². The van der Waals surface area contributed by atoms with Gasteiger partial charge in [-0.15, -0.1) is 0 Å². The van der Waals surface area contributed by atoms with Gasteiger partial charge in [-0.25, -0.2) is 9.78 Å². The predicted octanol–water partition coefficient (Wildman–Crippen LogP) is 5.86. The van der Waals surface area contributed by atoms with Gasteiger partial charge in [0.2, 0.25) is 0 Å². The van der Waals surface area contributed by atoms with E-state index >= 15 is 0 Å². The number of amides is 1. The second kappa shape index (κ2) is 12.6. The van der Waals surface area contributed by atoms with Crippen LogP contribution in [0, 0.1) is 13.8 Å². The van der Waals surface area contributed by atoms with Gasteiger partial charge >= 0.3 is 11.9 Å². The second-order valence-electron chi connectivity index (χ2n) is 9.99. The maximum absolute atomic E-state index is 13.6. The largest absolute Gasteiger partial charge is 0.507 e. The number of ether oxygens (including phenoxy) is 3. The Morgan fingerprint density at radius 1 is 1.02 bits per heavy atom. The van der Waals surface area contributed by atoms with E-state index in [-0.39, 0.29) is 33.7 Å². The van der Waals surface area contributed by atoms with Gasteiger partial charge in [0.15, 0.2) is 16.6 Å². The fourth-order valence-corrected chi connectivity index (χ4v) is 5.92. The van der Waals surface area contributed by atoms with Crippen molar-refractivity contribution >= 4 is 39.9 Å². The van der Waals surface area contributed by atoms with Crippen LogP contribution in [0.4, 0.5) is 5.13 Å². The lowest BCUT2D eigenvalue weighted by Gasteiger charge is -2.23. The highest BCUT2D eigenvalue weighted by atomic mass is 32.1. The summed E-state index contributed by atoms with van der Waals surface area (Å²) in [7, 11) is 1.37. The molecule has 1 aliphatic heterocycles. The Morgan fingerprint density at radius 2 is 1.77 bits per heavy atom. The van der Waals surface area contributed by atoms with Gasteiger partial charge in [0.05, 0.1) is 31.0 Å². The third kappa shape index (κ3) is 5.73. The van der Waals surface area contributed by atoms with E-state index in [1.54, 1.807) is 32.0 Å². The molecule has 1 atom stereocenters. The minimum Gasteiger partial charge on any atom is -0.507 e. The average Bonchev–Trinajstić information content (AvgIpc) is 3.53. The van der Waals surface area contributed by atoms with Crippen LogP contribution >= 0.6 is 11.3 Å². The Bertz CT molecular complexity index is 1780. The van der Waals surface area contributed by atoms with Gasteiger partial charge in [-0.3, -0.25) is 14.5 Å². The summed E-state index contributed by atoms with van der Waals surface area (Å²) in [5.74, 6) is -2.33. The van der Waals surface area contributed by atoms with Crippen LogP contribution in [0.1, 0.15) is 50.6 Å². The highest BCUT2D eigenvalue weighted by Crippen LogP contribution is 2.45. The summed E-state index contributed by atoms with van der Waals surface area (Å²) in [6, 6.07) is 17.9. The van der Waals surface area contributed by atoms with E-state index in [2.05, 4.69) is 4.98 Å². The third-order valence-corrected chi connectivity index (χ3v) is 8.24. The van der Waals surface area contributed by atoms with Crippen molar-refractivity contribution in [2.45, 2.75) is 33.4 Å². The van der Waals surface area contributed by atoms with E-state index in [4.69, 9.17) is 14.2 Å². The number of thiazole rings is 1. The van der Waals surface area contributed by atoms with E-state index in [0.29, 0.717) is 34.7 Å². The number of hydrogen-bond donors (Lipinski definition) is 2. The molecule has 1 fully saturated rings. The minimum absolute atomic E-state index is 0.0737. The van der Waals surface area contributed by atoms with Crippen molar-refractivity contribution in [3.05, 3.63) is 105 Å². The number of ketones is 1. The summed E-state index contributed by atoms with van der Waals surface area (Å²) in [6.07, 6.45) is 0. The molecule has 0 radical (unpaired) electrons. The van der Waals surface area contributed by atoms with Gasteiger partial charge in [-0.2, -0.15) is 0 Å². The topological polar surface area (TPSA) is 135 Å². The molecule has 3 aromatic carbocycles. The number of aromatic nitrogens is 1. The molecule has 0 aliphatic carbocycles. The first-order chi connectivity index (χ1) is 21.1. The van der Waals surface area contributed by atoms with Crippen molar-refractivity contribution in [2.75, 3.05) is 18.6 Å². The number of aliphatic hydroxyl groups is 1. The molecule has 11 heteroatoms. The van der Waals surface area contributed by atoms with Crippen LogP contribution in [0.25, 0.3) is 5.76 Å². The van der Waals surface area contributed by atoms with Crippen LogP contribution in [0.2, 0.25) is 0 Å². The normalized spacial score (nSPS) is 15.8. The molecule has 0 saturated carbocycles. The number of benzene rings is 3. The molecule has 1 aliphatic rings. The Morgan fingerprint density at radius 3 is 2.45 bits per heavy atom. The number of nitrogens with zero attached hydrogens (tertiary/aromatic N) is 2. The van der Waals surface area contributed by atoms with E-state index < -0.39 is 29.5 Å². The predicted molar refractivity (Wildman–Crippen MR) is 164 cm³/mol. The number of rotatable bonds is 9. The maximum Gasteiger partial charge on any atom is 0.350 e. The number of esters is 1. The number of carbonyl (C=O) groups excluding carboxylic acids is 3. The van der Waals surface area contributed by atoms with Crippen molar-refractivity contribution in [3.8, 4) is 17.2 Å². The van der Waals surface area contributed by atoms with Crippen molar-refractivity contribution < 1.29 is 38.8 Å². The number of methoxy groups -OCH3 is 1. The van der Waals surface area contributed by atoms with Gasteiger partial charge in [0.25, 0.3) is 5.78 Å². The first-order valence-electron chi connectivity index (χ1n) is 13.7. The smallest absolute Gasteiger partial charge is 0.350 e. The van der Waals surface area contributed by atoms with Crippen LogP contribution in [0.3, 0.4) is 0 Å². The fraction of sp³-hybridized carbons (Fsp3) is 0.212. The molecule has 10 nitrogen and oxygen atoms in total. The number of Topliss-reactive ketones (excluding diaryl/α,β-unsaturated/α-hetero) is 1. The van der Waals surface area contributed by atoms with Gasteiger partial charge < -0.3 is 24.4 Å². The van der Waals surface area contributed by atoms with Crippen LogP contribution in [-0.4, -0.2) is 46.6 Å². The molecule has 2 N–H and O–H groups in total. The van der Waals surface area contributed by atoms with Crippen molar-refractivity contribution in [3.63, 3.8) is 0 Å². The van der Waals surface area contributed by atoms with E-state index in [1.165, 1.54) is 25.3 Å². The number of hydrogen-bond acceptors (Lipinski definition) is 10. The molecular formula is C33H30N2O8S. The van der Waals surface area contributed by atoms with Crippen molar-refractivity contribution in [1.82, 2.24) is 4.98 Å². The van der Waals surface area contributed by atoms with E-state index in [0.717, 1.165) is 21.8 Å². The molecule has 0 spiro atoms. The second-order valence-corrected chi connectivity index (χ2v) is 11.0. The molecule has 226 valence electrons. The van der Waals surface area contributed by atoms with Crippen LogP contribution in [0.15, 0.2) is 72.3 Å². The highest BCUT2D eigenvalue weighted by Gasteiger charge is 2.48. The zero-order chi connectivity index (χ0) is 31.5. The summed E-state index contributed by atoms with van der Waals surface area (Å²) in [6.45, 7) is 5.59. The molecule has 1 aromatic heterocycles. The summed E-state index contributed by atoms with van der Waals surface area (Å²) in [5.41, 5.74) is 2.50. The zero-order valence-corrected chi connectivity index (χ0v) is 25.3. The summed E-state index contributed by atoms with van der Waals surface area (Å²) < 4.78 is 16.4. The molecule has 44 heavy (non-hydrogen) atoms. The molecule has 2 heterocycles. The summed E-state index contributed by atoms with van der Waals surface area (Å²) >= 11 is 0.906. The molecule has 1 amide bonds. The van der Waals surface area contributed by atoms with E-state index in [1.807, 2.05) is 37.3 Å². The van der Waals surface area contributed by atoms with Crippen LogP contribution in [0.5, 0.6) is 17.2 Å². The van der Waals surface area contributed by atoms with Crippen molar-refractivity contribution in [1.29, 1.82) is 0 Å². The van der Waals surface area contributed by atoms with E-state index in [9.17, 15) is 24.6 Å². The average molecular weight is 615 g/mol. The number of phenolic OH excluding ortho intramolecular Hbond substituents is 1. The van der Waals surface area contributed by atoms with Crippen LogP contribution in [-0.2, 0) is 20.9 Å². The lowest BCUT2D eigenvalue weighted by atomic mass is 9.94. The number of aromatic hydroxyl groups is 1. The number of aliphatic hydroxyl groups excluding tert-OH is 1. The lowest BCUT2D eigenvalue weighted by molar-refractivity contribution is -0.132. The lowest BCUT2D eigenvalue weighted by Crippen LogP contribution is -2.29. The molecular weight excluding hydrogens is 584 g/mol. The Kier molecular flexibility index (Phi) is 8.68. The molecule has 4 aromatic rings. The Balaban J connectivity index is 1.60. The van der Waals surface area contributed by atoms with Gasteiger partial charge in [0, 0.05) is 5.56 Å². The Labute approximate surface area is 257 Å². The SMILES string of the molecule is CCOC(=O)c1sc(N2C(=O)C(=O)/C(=C(/O)c3ccc(OCc4ccccc4)c(C)c3)C2c2ccc(O)c(OC)c2)nc1C. The first kappa shape index (κ1) is 30.3. The number of carbonyl (C=O) groups is 3. The highest BCUT2D eigenvalue weighted by molar-refractivity contribution is 7.17. The monoisotopic (exact) mass is 614 g/mol. The van der Waals surface area contributed by atoms with Gasteiger partial charge in [-0.05, 0) is 67.8 Å². The zero-order valence-electron chi connectivity index (χ0n) is 24.5. The number of anilines is 1. The fourth-order valence-electron chi connectivity index (χ4n) is 4.93. The maximum atomic E-state index is 13.6. The first-order valence-corrected chi connectivity index (χ1v) is 14.6. The number of aryl methyl sites for hydroxylation is 2. The Hall–Kier alpha value is -5.16. The molecule has 0 bridgehead atoms. The summed E-state index contributed by atoms with van der Waals surface area (Å²) in [5, 5.41) is 21.9. The van der Waals surface area contributed by atoms with Crippen molar-refractivity contribution in [2.24, 2.45) is 0 Å². The van der Waals surface area contributed by atoms with Gasteiger partial charge in [-0.1, -0.05) is 47.7 Å².